The average molecular weight is 241 g/mol. The topological polar surface area (TPSA) is 25.8 Å². The van der Waals surface area contributed by atoms with Gasteiger partial charge in [0.05, 0.1) is 11.4 Å². The fourth-order valence-corrected chi connectivity index (χ4v) is 2.07. The van der Waals surface area contributed by atoms with Crippen molar-refractivity contribution in [2.45, 2.75) is 0 Å². The van der Waals surface area contributed by atoms with Gasteiger partial charge in [0, 0.05) is 11.6 Å². The van der Waals surface area contributed by atoms with Crippen LogP contribution in [0.15, 0.2) is 54.7 Å². The number of pyridine rings is 2. The molecule has 0 amide bonds. The molecule has 3 heteroatoms. The zero-order chi connectivity index (χ0) is 11.7. The summed E-state index contributed by atoms with van der Waals surface area (Å²) in [5, 5.41) is 2.63. The number of nitrogens with zero attached hydrogens (tertiary/aromatic N) is 2. The standard InChI is InChI=1S/C14H9ClN2/c15-13-9-10-5-1-2-6-11(10)14(17-13)12-7-3-4-8-16-12/h1-9H. The molecule has 2 nitrogen and oxygen atoms in total. The van der Waals surface area contributed by atoms with E-state index in [1.54, 1.807) is 6.20 Å². The van der Waals surface area contributed by atoms with E-state index in [2.05, 4.69) is 9.97 Å². The lowest BCUT2D eigenvalue weighted by molar-refractivity contribution is 1.27. The van der Waals surface area contributed by atoms with Crippen molar-refractivity contribution in [2.75, 3.05) is 0 Å². The monoisotopic (exact) mass is 240 g/mol. The molecule has 17 heavy (non-hydrogen) atoms. The van der Waals surface area contributed by atoms with E-state index < -0.39 is 0 Å². The van der Waals surface area contributed by atoms with Crippen molar-refractivity contribution in [3.05, 3.63) is 59.9 Å². The SMILES string of the molecule is Clc1cc2ccccc2c(-c2ccccn2)n1. The van der Waals surface area contributed by atoms with Gasteiger partial charge in [-0.25, -0.2) is 4.98 Å². The Balaban J connectivity index is 2.36. The summed E-state index contributed by atoms with van der Waals surface area (Å²) in [6, 6.07) is 15.7. The Bertz CT molecular complexity index is 665. The Kier molecular flexibility index (Phi) is 2.50. The van der Waals surface area contributed by atoms with Crippen molar-refractivity contribution in [3.63, 3.8) is 0 Å². The molecule has 0 N–H and O–H groups in total. The number of fused-ring (bicyclic) bond motifs is 1. The molecule has 0 unspecified atom stereocenters. The van der Waals surface area contributed by atoms with Crippen LogP contribution in [0.4, 0.5) is 0 Å². The summed E-state index contributed by atoms with van der Waals surface area (Å²) in [7, 11) is 0. The fourth-order valence-electron chi connectivity index (χ4n) is 1.86. The number of benzene rings is 1. The van der Waals surface area contributed by atoms with E-state index in [4.69, 9.17) is 11.6 Å². The normalized spacial score (nSPS) is 10.6. The molecule has 0 bridgehead atoms. The Hall–Kier alpha value is -1.93. The molecule has 0 spiro atoms. The molecule has 0 saturated heterocycles. The van der Waals surface area contributed by atoms with Crippen molar-refractivity contribution in [2.24, 2.45) is 0 Å². The maximum absolute atomic E-state index is 6.03. The molecule has 3 aromatic rings. The lowest BCUT2D eigenvalue weighted by Gasteiger charge is -2.05. The van der Waals surface area contributed by atoms with Gasteiger partial charge in [-0.1, -0.05) is 41.9 Å². The number of hydrogen-bond donors (Lipinski definition) is 0. The smallest absolute Gasteiger partial charge is 0.130 e. The third-order valence-electron chi connectivity index (χ3n) is 2.62. The number of hydrogen-bond acceptors (Lipinski definition) is 2. The van der Waals surface area contributed by atoms with Crippen molar-refractivity contribution < 1.29 is 0 Å². The first-order valence-corrected chi connectivity index (χ1v) is 5.69. The minimum absolute atomic E-state index is 0.490. The minimum atomic E-state index is 0.490. The second-order valence-corrected chi connectivity index (χ2v) is 4.12. The van der Waals surface area contributed by atoms with Crippen LogP contribution < -0.4 is 0 Å². The summed E-state index contributed by atoms with van der Waals surface area (Å²) < 4.78 is 0. The Morgan fingerprint density at radius 2 is 1.76 bits per heavy atom. The lowest BCUT2D eigenvalue weighted by atomic mass is 10.1. The van der Waals surface area contributed by atoms with Gasteiger partial charge in [-0.2, -0.15) is 0 Å². The maximum Gasteiger partial charge on any atom is 0.130 e. The van der Waals surface area contributed by atoms with Crippen LogP contribution in [0.25, 0.3) is 22.2 Å². The van der Waals surface area contributed by atoms with Gasteiger partial charge in [-0.3, -0.25) is 4.98 Å². The van der Waals surface area contributed by atoms with Crippen LogP contribution >= 0.6 is 11.6 Å². The van der Waals surface area contributed by atoms with Crippen molar-refractivity contribution in [1.82, 2.24) is 9.97 Å². The predicted octanol–water partition coefficient (Wildman–Crippen LogP) is 3.95. The molecule has 0 aliphatic carbocycles. The van der Waals surface area contributed by atoms with Crippen LogP contribution in [0.2, 0.25) is 5.15 Å². The molecule has 0 aliphatic heterocycles. The van der Waals surface area contributed by atoms with Crippen molar-refractivity contribution >= 4 is 22.4 Å². The van der Waals surface area contributed by atoms with Gasteiger partial charge in [0.25, 0.3) is 0 Å². The van der Waals surface area contributed by atoms with Crippen LogP contribution in [-0.2, 0) is 0 Å². The third kappa shape index (κ3) is 1.87. The molecule has 3 rings (SSSR count). The highest BCUT2D eigenvalue weighted by molar-refractivity contribution is 6.30. The highest BCUT2D eigenvalue weighted by Gasteiger charge is 2.07. The van der Waals surface area contributed by atoms with E-state index >= 15 is 0 Å². The molecule has 0 aliphatic rings. The molecule has 0 radical (unpaired) electrons. The Morgan fingerprint density at radius 3 is 2.59 bits per heavy atom. The van der Waals surface area contributed by atoms with Crippen LogP contribution in [0.5, 0.6) is 0 Å². The van der Waals surface area contributed by atoms with E-state index in [1.165, 1.54) is 0 Å². The summed E-state index contributed by atoms with van der Waals surface area (Å²) in [6.45, 7) is 0. The highest BCUT2D eigenvalue weighted by atomic mass is 35.5. The zero-order valence-corrected chi connectivity index (χ0v) is 9.72. The molecule has 0 fully saturated rings. The van der Waals surface area contributed by atoms with Crippen molar-refractivity contribution in [3.8, 4) is 11.4 Å². The van der Waals surface area contributed by atoms with Crippen molar-refractivity contribution in [1.29, 1.82) is 0 Å². The van der Waals surface area contributed by atoms with Gasteiger partial charge in [-0.15, -0.1) is 0 Å². The van der Waals surface area contributed by atoms with Crippen LogP contribution in [0, 0.1) is 0 Å². The van der Waals surface area contributed by atoms with Crippen LogP contribution in [-0.4, -0.2) is 9.97 Å². The first kappa shape index (κ1) is 10.2. The molecular formula is C14H9ClN2. The first-order valence-electron chi connectivity index (χ1n) is 5.31. The summed E-state index contributed by atoms with van der Waals surface area (Å²) in [4.78, 5) is 8.69. The summed E-state index contributed by atoms with van der Waals surface area (Å²) in [6.07, 6.45) is 1.76. The van der Waals surface area contributed by atoms with Gasteiger partial charge < -0.3 is 0 Å². The summed E-state index contributed by atoms with van der Waals surface area (Å²) >= 11 is 6.03. The Morgan fingerprint density at radius 1 is 0.941 bits per heavy atom. The molecule has 2 heterocycles. The molecule has 82 valence electrons. The third-order valence-corrected chi connectivity index (χ3v) is 2.81. The van der Waals surface area contributed by atoms with E-state index in [0.717, 1.165) is 22.2 Å². The second kappa shape index (κ2) is 4.15. The second-order valence-electron chi connectivity index (χ2n) is 3.73. The predicted molar refractivity (Wildman–Crippen MR) is 70.0 cm³/mol. The largest absolute Gasteiger partial charge is 0.255 e. The fraction of sp³-hybridized carbons (Fsp3) is 0. The highest BCUT2D eigenvalue weighted by Crippen LogP contribution is 2.27. The molecule has 1 aromatic carbocycles. The average Bonchev–Trinajstić information content (AvgIpc) is 2.39. The van der Waals surface area contributed by atoms with Gasteiger partial charge in [0.1, 0.15) is 5.15 Å². The van der Waals surface area contributed by atoms with Crippen LogP contribution in [0.1, 0.15) is 0 Å². The van der Waals surface area contributed by atoms with Gasteiger partial charge >= 0.3 is 0 Å². The minimum Gasteiger partial charge on any atom is -0.255 e. The summed E-state index contributed by atoms with van der Waals surface area (Å²) in [5.74, 6) is 0. The van der Waals surface area contributed by atoms with Gasteiger partial charge in [-0.05, 0) is 23.6 Å². The first-order chi connectivity index (χ1) is 8.34. The summed E-state index contributed by atoms with van der Waals surface area (Å²) in [5.41, 5.74) is 1.67. The quantitative estimate of drug-likeness (QED) is 0.602. The zero-order valence-electron chi connectivity index (χ0n) is 8.97. The maximum atomic E-state index is 6.03. The van der Waals surface area contributed by atoms with E-state index in [9.17, 15) is 0 Å². The van der Waals surface area contributed by atoms with Crippen LogP contribution in [0.3, 0.4) is 0 Å². The molecular weight excluding hydrogens is 232 g/mol. The van der Waals surface area contributed by atoms with Gasteiger partial charge in [0.2, 0.25) is 0 Å². The molecule has 2 aromatic heterocycles. The lowest BCUT2D eigenvalue weighted by Crippen LogP contribution is -1.89. The Labute approximate surface area is 104 Å². The number of halogens is 1. The van der Waals surface area contributed by atoms with E-state index in [-0.39, 0.29) is 0 Å². The molecule has 0 saturated carbocycles. The molecule has 0 atom stereocenters. The van der Waals surface area contributed by atoms with E-state index in [0.29, 0.717) is 5.15 Å². The number of aromatic nitrogens is 2. The van der Waals surface area contributed by atoms with Gasteiger partial charge in [0.15, 0.2) is 0 Å². The number of rotatable bonds is 1. The van der Waals surface area contributed by atoms with E-state index in [1.807, 2.05) is 48.5 Å².